The Kier molecular flexibility index (Phi) is 5.56. The molecule has 8 aromatic carbocycles. The molecule has 250 valence electrons. The van der Waals surface area contributed by atoms with Crippen LogP contribution < -0.4 is 14.8 Å². The summed E-state index contributed by atoms with van der Waals surface area (Å²) in [7, 11) is -0.527. The Morgan fingerprint density at radius 2 is 0.926 bits per heavy atom. The normalized spacial score (nSPS) is 13.1. The van der Waals surface area contributed by atoms with Crippen LogP contribution in [0.15, 0.2) is 164 Å². The Labute approximate surface area is 313 Å². The highest BCUT2D eigenvalue weighted by Gasteiger charge is 2.42. The van der Waals surface area contributed by atoms with Gasteiger partial charge in [0, 0.05) is 69.7 Å². The lowest BCUT2D eigenvalue weighted by molar-refractivity contribution is 0.436. The predicted octanol–water partition coefficient (Wildman–Crippen LogP) is 12.1. The summed E-state index contributed by atoms with van der Waals surface area (Å²) in [5.74, 6) is 1.67. The molecule has 0 bridgehead atoms. The standard InChI is InChI=1S/C48H27BN2O2S/c1-2-14-28(15-3-1)50-38-22-10-5-19-33(38)43-46(50)42-32-18-4-9-21-37(32)51(47(42)44-34-20-8-13-25-41(34)54-48(43)44)29-26-35-30-16-6-11-23-39(30)52-49-45(35)36(27-29)31-17-7-12-24-40(31)53-49/h1-27H. The summed E-state index contributed by atoms with van der Waals surface area (Å²) in [6.45, 7) is 0. The third-order valence-corrected chi connectivity index (χ3v) is 12.7. The second kappa shape index (κ2) is 10.4. The van der Waals surface area contributed by atoms with Crippen molar-refractivity contribution in [3.8, 4) is 45.1 Å². The predicted molar refractivity (Wildman–Crippen MR) is 226 cm³/mol. The number of para-hydroxylation sites is 5. The van der Waals surface area contributed by atoms with Crippen LogP contribution in [-0.2, 0) is 0 Å². The number of hydrogen-bond donors (Lipinski definition) is 0. The van der Waals surface area contributed by atoms with Crippen LogP contribution in [0.1, 0.15) is 0 Å². The smallest absolute Gasteiger partial charge is 0.521 e. The third-order valence-electron chi connectivity index (χ3n) is 11.5. The molecule has 13 rings (SSSR count). The molecule has 0 saturated carbocycles. The minimum atomic E-state index is -0.527. The van der Waals surface area contributed by atoms with Crippen molar-refractivity contribution in [1.29, 1.82) is 0 Å². The van der Waals surface area contributed by atoms with Crippen LogP contribution >= 0.6 is 11.3 Å². The zero-order valence-corrected chi connectivity index (χ0v) is 29.6. The Hall–Kier alpha value is -6.76. The van der Waals surface area contributed by atoms with E-state index in [1.807, 2.05) is 23.5 Å². The lowest BCUT2D eigenvalue weighted by atomic mass is 9.66. The minimum absolute atomic E-state index is 0.527. The molecule has 0 amide bonds. The van der Waals surface area contributed by atoms with Crippen LogP contribution in [0, 0.1) is 0 Å². The fraction of sp³-hybridized carbons (Fsp3) is 0. The van der Waals surface area contributed by atoms with Gasteiger partial charge in [-0.15, -0.1) is 11.3 Å². The van der Waals surface area contributed by atoms with Crippen LogP contribution in [0.25, 0.3) is 97.4 Å². The van der Waals surface area contributed by atoms with Gasteiger partial charge < -0.3 is 18.4 Å². The van der Waals surface area contributed by atoms with Crippen LogP contribution in [0.2, 0.25) is 0 Å². The Bertz CT molecular complexity index is 3340. The van der Waals surface area contributed by atoms with Crippen LogP contribution in [0.5, 0.6) is 11.5 Å². The second-order valence-electron chi connectivity index (χ2n) is 14.3. The molecule has 0 fully saturated rings. The molecule has 2 aliphatic rings. The molecule has 54 heavy (non-hydrogen) atoms. The monoisotopic (exact) mass is 706 g/mol. The number of thiophene rings is 1. The van der Waals surface area contributed by atoms with Gasteiger partial charge in [0.25, 0.3) is 0 Å². The number of aromatic nitrogens is 2. The van der Waals surface area contributed by atoms with Crippen molar-refractivity contribution in [3.05, 3.63) is 164 Å². The third kappa shape index (κ3) is 3.63. The Balaban J connectivity index is 1.29. The van der Waals surface area contributed by atoms with Crippen molar-refractivity contribution in [3.63, 3.8) is 0 Å². The summed E-state index contributed by atoms with van der Waals surface area (Å²) in [5, 5.41) is 7.63. The maximum Gasteiger partial charge on any atom is 0.633 e. The number of nitrogens with zero attached hydrogens (tertiary/aromatic N) is 2. The first kappa shape index (κ1) is 28.8. The summed E-state index contributed by atoms with van der Waals surface area (Å²) < 4.78 is 20.8. The lowest BCUT2D eigenvalue weighted by Crippen LogP contribution is -2.49. The van der Waals surface area contributed by atoms with E-state index in [2.05, 4.69) is 161 Å². The van der Waals surface area contributed by atoms with Crippen molar-refractivity contribution in [2.45, 2.75) is 0 Å². The van der Waals surface area contributed by atoms with E-state index < -0.39 is 7.12 Å². The molecule has 11 aromatic rings. The first-order valence-electron chi connectivity index (χ1n) is 18.4. The van der Waals surface area contributed by atoms with Gasteiger partial charge in [0.1, 0.15) is 11.5 Å². The largest absolute Gasteiger partial charge is 0.633 e. The van der Waals surface area contributed by atoms with Crippen LogP contribution in [-0.4, -0.2) is 16.3 Å². The van der Waals surface area contributed by atoms with E-state index in [4.69, 9.17) is 9.31 Å². The highest BCUT2D eigenvalue weighted by atomic mass is 32.1. The number of fused-ring (bicyclic) bond motifs is 16. The molecule has 3 aromatic heterocycles. The molecular weight excluding hydrogens is 679 g/mol. The Morgan fingerprint density at radius 3 is 1.59 bits per heavy atom. The van der Waals surface area contributed by atoms with Gasteiger partial charge >= 0.3 is 7.12 Å². The molecule has 5 heterocycles. The SMILES string of the molecule is c1ccc(-n2c3ccccc3c3c4sc5ccccc5c4c4c(c5ccccc5n4-c4cc5c6c(c4)-c4ccccc4OB6Oc4ccccc4-5)c32)cc1. The van der Waals surface area contributed by atoms with Crippen LogP contribution in [0.3, 0.4) is 0 Å². The van der Waals surface area contributed by atoms with Gasteiger partial charge in [-0.25, -0.2) is 0 Å². The highest BCUT2D eigenvalue weighted by Crippen LogP contribution is 2.52. The lowest BCUT2D eigenvalue weighted by Gasteiger charge is -2.32. The summed E-state index contributed by atoms with van der Waals surface area (Å²) in [4.78, 5) is 0. The molecule has 6 heteroatoms. The Morgan fingerprint density at radius 1 is 0.426 bits per heavy atom. The number of rotatable bonds is 2. The van der Waals surface area contributed by atoms with Crippen molar-refractivity contribution in [1.82, 2.24) is 9.13 Å². The zero-order chi connectivity index (χ0) is 35.1. The van der Waals surface area contributed by atoms with E-state index in [1.165, 1.54) is 63.8 Å². The summed E-state index contributed by atoms with van der Waals surface area (Å²) in [6.07, 6.45) is 0. The first-order chi connectivity index (χ1) is 26.8. The molecular formula is C48H27BN2O2S. The molecule has 4 nitrogen and oxygen atoms in total. The van der Waals surface area contributed by atoms with Gasteiger partial charge in [0.2, 0.25) is 0 Å². The molecule has 0 radical (unpaired) electrons. The maximum atomic E-state index is 6.56. The number of benzene rings is 8. The van der Waals surface area contributed by atoms with E-state index in [1.54, 1.807) is 0 Å². The van der Waals surface area contributed by atoms with E-state index in [0.717, 1.165) is 50.6 Å². The summed E-state index contributed by atoms with van der Waals surface area (Å²) in [6, 6.07) is 59.1. The zero-order valence-electron chi connectivity index (χ0n) is 28.8. The number of hydrogen-bond acceptors (Lipinski definition) is 3. The first-order valence-corrected chi connectivity index (χ1v) is 19.2. The van der Waals surface area contributed by atoms with Gasteiger partial charge in [0.05, 0.1) is 22.1 Å². The molecule has 0 unspecified atom stereocenters. The summed E-state index contributed by atoms with van der Waals surface area (Å²) >= 11 is 1.90. The highest BCUT2D eigenvalue weighted by molar-refractivity contribution is 7.27. The molecule has 0 atom stereocenters. The van der Waals surface area contributed by atoms with E-state index in [-0.39, 0.29) is 0 Å². The fourth-order valence-electron chi connectivity index (χ4n) is 9.42. The van der Waals surface area contributed by atoms with Crippen molar-refractivity contribution in [2.75, 3.05) is 0 Å². The van der Waals surface area contributed by atoms with E-state index in [9.17, 15) is 0 Å². The molecule has 2 aliphatic heterocycles. The minimum Gasteiger partial charge on any atom is -0.521 e. The second-order valence-corrected chi connectivity index (χ2v) is 15.4. The molecule has 0 spiro atoms. The van der Waals surface area contributed by atoms with Crippen molar-refractivity contribution >= 4 is 87.7 Å². The van der Waals surface area contributed by atoms with Crippen molar-refractivity contribution < 1.29 is 9.31 Å². The van der Waals surface area contributed by atoms with Gasteiger partial charge in [-0.2, -0.15) is 0 Å². The quantitative estimate of drug-likeness (QED) is 0.167. The molecule has 0 aliphatic carbocycles. The average molecular weight is 707 g/mol. The average Bonchev–Trinajstić information content (AvgIpc) is 3.89. The van der Waals surface area contributed by atoms with Gasteiger partial charge in [-0.3, -0.25) is 0 Å². The maximum absolute atomic E-state index is 6.56. The van der Waals surface area contributed by atoms with E-state index >= 15 is 0 Å². The summed E-state index contributed by atoms with van der Waals surface area (Å²) in [5.41, 5.74) is 12.6. The van der Waals surface area contributed by atoms with Crippen molar-refractivity contribution in [2.24, 2.45) is 0 Å². The van der Waals surface area contributed by atoms with Gasteiger partial charge in [-0.1, -0.05) is 109 Å². The van der Waals surface area contributed by atoms with Gasteiger partial charge in [-0.05, 0) is 65.7 Å². The molecule has 0 N–H and O–H groups in total. The molecule has 0 saturated heterocycles. The van der Waals surface area contributed by atoms with Crippen LogP contribution in [0.4, 0.5) is 0 Å². The topological polar surface area (TPSA) is 28.3 Å². The fourth-order valence-corrected chi connectivity index (χ4v) is 10.7. The van der Waals surface area contributed by atoms with E-state index in [0.29, 0.717) is 0 Å². The van der Waals surface area contributed by atoms with Gasteiger partial charge in [0.15, 0.2) is 0 Å².